The van der Waals surface area contributed by atoms with E-state index in [0.717, 1.165) is 6.07 Å². The molecule has 1 saturated heterocycles. The Hall–Kier alpha value is -1.55. The van der Waals surface area contributed by atoms with Crippen molar-refractivity contribution in [2.45, 2.75) is 31.2 Å². The zero-order chi connectivity index (χ0) is 18.7. The molecule has 1 aromatic carbocycles. The Morgan fingerprint density at radius 2 is 1.64 bits per heavy atom. The number of alkyl halides is 7. The molecule has 0 bridgehead atoms. The van der Waals surface area contributed by atoms with E-state index in [1.54, 1.807) is 0 Å². The lowest BCUT2D eigenvalue weighted by atomic mass is 9.99. The van der Waals surface area contributed by atoms with Crippen LogP contribution in [0.15, 0.2) is 24.3 Å². The zero-order valence-corrected chi connectivity index (χ0v) is 13.0. The van der Waals surface area contributed by atoms with Gasteiger partial charge in [0.1, 0.15) is 5.75 Å². The Labute approximate surface area is 139 Å². The molecule has 1 aliphatic heterocycles. The number of nitrogens with zero attached hydrogens (tertiary/aromatic N) is 1. The van der Waals surface area contributed by atoms with E-state index in [4.69, 9.17) is 0 Å². The molecule has 1 atom stereocenters. The monoisotopic (exact) mass is 374 g/mol. The number of piperazine rings is 1. The molecule has 3 nitrogen and oxygen atoms in total. The van der Waals surface area contributed by atoms with Gasteiger partial charge in [-0.25, -0.2) is 0 Å². The average Bonchev–Trinajstić information content (AvgIpc) is 2.53. The van der Waals surface area contributed by atoms with Crippen LogP contribution >= 0.6 is 0 Å². The van der Waals surface area contributed by atoms with Crippen molar-refractivity contribution in [3.63, 3.8) is 0 Å². The van der Waals surface area contributed by atoms with Gasteiger partial charge in [-0.2, -0.15) is 30.7 Å². The summed E-state index contributed by atoms with van der Waals surface area (Å²) in [6.07, 6.45) is -14.7. The van der Waals surface area contributed by atoms with E-state index in [0.29, 0.717) is 13.1 Å². The maximum absolute atomic E-state index is 13.2. The molecule has 142 valence electrons. The SMILES string of the molecule is FC(F)C(F)(F)Oc1ccccc1[C@H](CC(F)(F)F)N1CCNCC1. The summed E-state index contributed by atoms with van der Waals surface area (Å²) in [5.41, 5.74) is -0.193. The first-order valence-corrected chi connectivity index (χ1v) is 7.55. The van der Waals surface area contributed by atoms with Crippen molar-refractivity contribution in [2.75, 3.05) is 26.2 Å². The highest BCUT2D eigenvalue weighted by atomic mass is 19.4. The predicted octanol–water partition coefficient (Wildman–Crippen LogP) is 3.82. The fourth-order valence-electron chi connectivity index (χ4n) is 2.69. The molecule has 10 heteroatoms. The summed E-state index contributed by atoms with van der Waals surface area (Å²) in [4.78, 5) is 1.48. The van der Waals surface area contributed by atoms with Gasteiger partial charge in [-0.05, 0) is 6.07 Å². The van der Waals surface area contributed by atoms with E-state index < -0.39 is 36.9 Å². The van der Waals surface area contributed by atoms with Crippen LogP contribution in [0.4, 0.5) is 30.7 Å². The van der Waals surface area contributed by atoms with E-state index in [-0.39, 0.29) is 18.7 Å². The van der Waals surface area contributed by atoms with E-state index >= 15 is 0 Å². The summed E-state index contributed by atoms with van der Waals surface area (Å²) in [6, 6.07) is 3.45. The molecule has 0 aromatic heterocycles. The fourth-order valence-corrected chi connectivity index (χ4v) is 2.69. The Kier molecular flexibility index (Phi) is 6.15. The van der Waals surface area contributed by atoms with Gasteiger partial charge in [-0.15, -0.1) is 0 Å². The van der Waals surface area contributed by atoms with E-state index in [2.05, 4.69) is 10.1 Å². The number of para-hydroxylation sites is 1. The number of hydrogen-bond donors (Lipinski definition) is 1. The topological polar surface area (TPSA) is 24.5 Å². The first kappa shape index (κ1) is 19.8. The minimum absolute atomic E-state index is 0.193. The summed E-state index contributed by atoms with van der Waals surface area (Å²) >= 11 is 0. The Morgan fingerprint density at radius 3 is 2.20 bits per heavy atom. The highest BCUT2D eigenvalue weighted by molar-refractivity contribution is 5.36. The standard InChI is InChI=1S/C15H17F7N2O/c16-13(17)15(21,22)25-12-4-2-1-3-10(12)11(9-14(18,19)20)24-7-5-23-6-8-24/h1-4,11,13,23H,5-9H2/t11-/m0/s1. The molecule has 1 aromatic rings. The molecule has 0 saturated carbocycles. The van der Waals surface area contributed by atoms with Crippen LogP contribution in [-0.2, 0) is 0 Å². The smallest absolute Gasteiger partial charge is 0.428 e. The van der Waals surface area contributed by atoms with Crippen LogP contribution in [0.1, 0.15) is 18.0 Å². The second-order valence-corrected chi connectivity index (χ2v) is 5.62. The molecule has 0 amide bonds. The number of hydrogen-bond acceptors (Lipinski definition) is 3. The van der Waals surface area contributed by atoms with Crippen LogP contribution in [0, 0.1) is 0 Å². The van der Waals surface area contributed by atoms with Gasteiger partial charge in [0.2, 0.25) is 0 Å². The quantitative estimate of drug-likeness (QED) is 0.767. The molecule has 0 unspecified atom stereocenters. The highest BCUT2D eigenvalue weighted by Gasteiger charge is 2.45. The predicted molar refractivity (Wildman–Crippen MR) is 75.9 cm³/mol. The zero-order valence-electron chi connectivity index (χ0n) is 13.0. The molecule has 1 fully saturated rings. The molecule has 0 spiro atoms. The molecule has 25 heavy (non-hydrogen) atoms. The lowest BCUT2D eigenvalue weighted by molar-refractivity contribution is -0.253. The number of ether oxygens (including phenoxy) is 1. The summed E-state index contributed by atoms with van der Waals surface area (Å²) in [7, 11) is 0. The van der Waals surface area contributed by atoms with Gasteiger partial charge >= 0.3 is 18.7 Å². The number of benzene rings is 1. The van der Waals surface area contributed by atoms with Crippen LogP contribution < -0.4 is 10.1 Å². The minimum Gasteiger partial charge on any atom is -0.428 e. The summed E-state index contributed by atoms with van der Waals surface area (Å²) in [5.74, 6) is -0.680. The van der Waals surface area contributed by atoms with Crippen LogP contribution in [0.3, 0.4) is 0 Å². The van der Waals surface area contributed by atoms with Gasteiger partial charge < -0.3 is 10.1 Å². The van der Waals surface area contributed by atoms with Gasteiger partial charge in [-0.1, -0.05) is 18.2 Å². The van der Waals surface area contributed by atoms with Crippen LogP contribution in [0.5, 0.6) is 5.75 Å². The van der Waals surface area contributed by atoms with Gasteiger partial charge in [0, 0.05) is 37.8 Å². The largest absolute Gasteiger partial charge is 0.461 e. The van der Waals surface area contributed by atoms with E-state index in [1.165, 1.54) is 23.1 Å². The molecule has 0 aliphatic carbocycles. The van der Waals surface area contributed by atoms with Crippen molar-refractivity contribution in [1.29, 1.82) is 0 Å². The Bertz CT molecular complexity index is 559. The van der Waals surface area contributed by atoms with E-state index in [1.807, 2.05) is 0 Å². The third-order valence-corrected chi connectivity index (χ3v) is 3.80. The van der Waals surface area contributed by atoms with Gasteiger partial charge in [-0.3, -0.25) is 4.90 Å². The second kappa shape index (κ2) is 7.77. The first-order chi connectivity index (χ1) is 11.6. The van der Waals surface area contributed by atoms with Crippen molar-refractivity contribution < 1.29 is 35.5 Å². The summed E-state index contributed by atoms with van der Waals surface area (Å²) in [6.45, 7) is 1.40. The normalized spacial score (nSPS) is 18.4. The average molecular weight is 374 g/mol. The Balaban J connectivity index is 2.36. The van der Waals surface area contributed by atoms with Crippen molar-refractivity contribution in [1.82, 2.24) is 10.2 Å². The molecule has 1 heterocycles. The summed E-state index contributed by atoms with van der Waals surface area (Å²) in [5, 5.41) is 2.98. The van der Waals surface area contributed by atoms with Crippen molar-refractivity contribution in [3.05, 3.63) is 29.8 Å². The molecule has 0 radical (unpaired) electrons. The Morgan fingerprint density at radius 1 is 1.04 bits per heavy atom. The lowest BCUT2D eigenvalue weighted by Gasteiger charge is -2.36. The third-order valence-electron chi connectivity index (χ3n) is 3.80. The van der Waals surface area contributed by atoms with Crippen molar-refractivity contribution in [3.8, 4) is 5.75 Å². The van der Waals surface area contributed by atoms with Crippen LogP contribution in [0.25, 0.3) is 0 Å². The van der Waals surface area contributed by atoms with Crippen molar-refractivity contribution >= 4 is 0 Å². The molecule has 2 rings (SSSR count). The van der Waals surface area contributed by atoms with Gasteiger partial charge in [0.15, 0.2) is 0 Å². The number of rotatable bonds is 6. The highest BCUT2D eigenvalue weighted by Crippen LogP contribution is 2.40. The minimum atomic E-state index is -4.79. The lowest BCUT2D eigenvalue weighted by Crippen LogP contribution is -2.46. The van der Waals surface area contributed by atoms with Gasteiger partial charge in [0.05, 0.1) is 6.42 Å². The fraction of sp³-hybridized carbons (Fsp3) is 0.600. The molecular weight excluding hydrogens is 357 g/mol. The molecule has 1 N–H and O–H groups in total. The third kappa shape index (κ3) is 5.46. The molecule has 1 aliphatic rings. The van der Waals surface area contributed by atoms with E-state index in [9.17, 15) is 30.7 Å². The summed E-state index contributed by atoms with van der Waals surface area (Å²) < 4.78 is 94.3. The second-order valence-electron chi connectivity index (χ2n) is 5.62. The number of halogens is 7. The van der Waals surface area contributed by atoms with Crippen LogP contribution in [0.2, 0.25) is 0 Å². The van der Waals surface area contributed by atoms with Crippen LogP contribution in [-0.4, -0.2) is 49.8 Å². The molecular formula is C15H17F7N2O. The first-order valence-electron chi connectivity index (χ1n) is 7.55. The van der Waals surface area contributed by atoms with Crippen molar-refractivity contribution in [2.24, 2.45) is 0 Å². The maximum Gasteiger partial charge on any atom is 0.461 e. The number of nitrogens with one attached hydrogen (secondary N) is 1. The van der Waals surface area contributed by atoms with Gasteiger partial charge in [0.25, 0.3) is 0 Å². The maximum atomic E-state index is 13.2.